The fourth-order valence-corrected chi connectivity index (χ4v) is 2.46. The van der Waals surface area contributed by atoms with Crippen LogP contribution in [0, 0.1) is 11.8 Å². The normalized spacial score (nSPS) is 12.9. The van der Waals surface area contributed by atoms with Gasteiger partial charge in [0.15, 0.2) is 0 Å². The third kappa shape index (κ3) is 6.18. The van der Waals surface area contributed by atoms with E-state index in [0.717, 1.165) is 31.5 Å². The van der Waals surface area contributed by atoms with Gasteiger partial charge in [0.1, 0.15) is 6.04 Å². The maximum atomic E-state index is 12.4. The predicted octanol–water partition coefficient (Wildman–Crippen LogP) is 4.29. The van der Waals surface area contributed by atoms with E-state index in [1.165, 1.54) is 7.11 Å². The summed E-state index contributed by atoms with van der Waals surface area (Å²) < 4.78 is 5.08. The van der Waals surface area contributed by atoms with Crippen molar-refractivity contribution in [3.8, 4) is 0 Å². The quantitative estimate of drug-likeness (QED) is 0.637. The molecule has 22 heavy (non-hydrogen) atoms. The number of ether oxygens (including phenoxy) is 1. The van der Waals surface area contributed by atoms with Crippen molar-refractivity contribution < 1.29 is 9.53 Å². The number of esters is 1. The SMILES string of the molecule is COC(=O)C(c1ccccc1)N(CCC(C)C)CCC(C)C. The zero-order valence-corrected chi connectivity index (χ0v) is 14.7. The monoisotopic (exact) mass is 305 g/mol. The van der Waals surface area contributed by atoms with Crippen molar-refractivity contribution >= 4 is 5.97 Å². The Labute approximate surface area is 135 Å². The van der Waals surface area contributed by atoms with E-state index in [2.05, 4.69) is 32.6 Å². The summed E-state index contributed by atoms with van der Waals surface area (Å²) in [7, 11) is 1.47. The van der Waals surface area contributed by atoms with Crippen molar-refractivity contribution in [2.45, 2.75) is 46.6 Å². The van der Waals surface area contributed by atoms with Gasteiger partial charge in [-0.15, -0.1) is 0 Å². The van der Waals surface area contributed by atoms with Crippen LogP contribution in [0.15, 0.2) is 30.3 Å². The van der Waals surface area contributed by atoms with Crippen molar-refractivity contribution in [2.24, 2.45) is 11.8 Å². The minimum atomic E-state index is -0.302. The molecule has 0 aliphatic rings. The van der Waals surface area contributed by atoms with E-state index in [1.54, 1.807) is 0 Å². The molecule has 0 fully saturated rings. The largest absolute Gasteiger partial charge is 0.468 e. The van der Waals surface area contributed by atoms with Crippen LogP contribution in [-0.2, 0) is 9.53 Å². The van der Waals surface area contributed by atoms with E-state index in [4.69, 9.17) is 4.74 Å². The highest BCUT2D eigenvalue weighted by Gasteiger charge is 2.28. The van der Waals surface area contributed by atoms with Crippen LogP contribution in [0.5, 0.6) is 0 Å². The summed E-state index contributed by atoms with van der Waals surface area (Å²) in [6.07, 6.45) is 2.16. The maximum absolute atomic E-state index is 12.4. The number of carbonyl (C=O) groups is 1. The number of hydrogen-bond acceptors (Lipinski definition) is 3. The first-order valence-electron chi connectivity index (χ1n) is 8.32. The Bertz CT molecular complexity index is 416. The summed E-state index contributed by atoms with van der Waals surface area (Å²) in [6.45, 7) is 10.7. The number of benzene rings is 1. The lowest BCUT2D eigenvalue weighted by atomic mass is 10.0. The van der Waals surface area contributed by atoms with Crippen LogP contribution in [-0.4, -0.2) is 31.1 Å². The summed E-state index contributed by atoms with van der Waals surface area (Å²) in [5.74, 6) is 1.07. The molecule has 0 bridgehead atoms. The molecule has 1 unspecified atom stereocenters. The second-order valence-corrected chi connectivity index (χ2v) is 6.74. The smallest absolute Gasteiger partial charge is 0.327 e. The lowest BCUT2D eigenvalue weighted by molar-refractivity contribution is -0.147. The molecule has 0 aliphatic heterocycles. The molecule has 0 aliphatic carbocycles. The van der Waals surface area contributed by atoms with Gasteiger partial charge in [-0.25, -0.2) is 4.79 Å². The zero-order chi connectivity index (χ0) is 16.5. The van der Waals surface area contributed by atoms with Gasteiger partial charge in [-0.1, -0.05) is 58.0 Å². The van der Waals surface area contributed by atoms with Crippen LogP contribution < -0.4 is 0 Å². The highest BCUT2D eigenvalue weighted by Crippen LogP contribution is 2.24. The predicted molar refractivity (Wildman–Crippen MR) is 91.7 cm³/mol. The first kappa shape index (κ1) is 18.7. The summed E-state index contributed by atoms with van der Waals surface area (Å²) in [5, 5.41) is 0. The van der Waals surface area contributed by atoms with Crippen LogP contribution in [0.25, 0.3) is 0 Å². The Kier molecular flexibility index (Phi) is 8.18. The van der Waals surface area contributed by atoms with Gasteiger partial charge in [-0.05, 0) is 43.3 Å². The summed E-state index contributed by atoms with van der Waals surface area (Å²) in [5.41, 5.74) is 1.02. The van der Waals surface area contributed by atoms with Gasteiger partial charge in [0.25, 0.3) is 0 Å². The number of methoxy groups -OCH3 is 1. The minimum Gasteiger partial charge on any atom is -0.468 e. The molecule has 1 rings (SSSR count). The van der Waals surface area contributed by atoms with Crippen LogP contribution in [0.3, 0.4) is 0 Å². The third-order valence-electron chi connectivity index (χ3n) is 3.89. The molecule has 0 heterocycles. The maximum Gasteiger partial charge on any atom is 0.327 e. The van der Waals surface area contributed by atoms with Gasteiger partial charge < -0.3 is 4.74 Å². The number of hydrogen-bond donors (Lipinski definition) is 0. The zero-order valence-electron chi connectivity index (χ0n) is 14.7. The first-order valence-corrected chi connectivity index (χ1v) is 8.32. The van der Waals surface area contributed by atoms with Crippen molar-refractivity contribution in [3.05, 3.63) is 35.9 Å². The van der Waals surface area contributed by atoms with Crippen LogP contribution in [0.4, 0.5) is 0 Å². The Morgan fingerprint density at radius 2 is 1.50 bits per heavy atom. The molecule has 0 amide bonds. The Morgan fingerprint density at radius 1 is 1.00 bits per heavy atom. The molecule has 1 aromatic carbocycles. The first-order chi connectivity index (χ1) is 10.5. The fourth-order valence-electron chi connectivity index (χ4n) is 2.46. The van der Waals surface area contributed by atoms with E-state index < -0.39 is 0 Å². The van der Waals surface area contributed by atoms with Crippen LogP contribution in [0.1, 0.15) is 52.1 Å². The molecule has 1 aromatic rings. The molecule has 0 spiro atoms. The lowest BCUT2D eigenvalue weighted by Gasteiger charge is -2.31. The Balaban J connectivity index is 2.98. The second kappa shape index (κ2) is 9.62. The van der Waals surface area contributed by atoms with Gasteiger partial charge in [-0.3, -0.25) is 4.90 Å². The highest BCUT2D eigenvalue weighted by atomic mass is 16.5. The summed E-state index contributed by atoms with van der Waals surface area (Å²) in [4.78, 5) is 14.7. The van der Waals surface area contributed by atoms with E-state index in [9.17, 15) is 4.79 Å². The molecule has 0 N–H and O–H groups in total. The summed E-state index contributed by atoms with van der Waals surface area (Å²) >= 11 is 0. The molecule has 0 aromatic heterocycles. The minimum absolute atomic E-state index is 0.168. The van der Waals surface area contributed by atoms with E-state index >= 15 is 0 Å². The Hall–Kier alpha value is -1.35. The van der Waals surface area contributed by atoms with Gasteiger partial charge in [0, 0.05) is 0 Å². The van der Waals surface area contributed by atoms with Crippen molar-refractivity contribution in [3.63, 3.8) is 0 Å². The van der Waals surface area contributed by atoms with E-state index in [1.807, 2.05) is 30.3 Å². The molecule has 3 heteroatoms. The standard InChI is InChI=1S/C19H31NO2/c1-15(2)11-13-20(14-12-16(3)4)18(19(21)22-5)17-9-7-6-8-10-17/h6-10,15-16,18H,11-14H2,1-5H3. The molecule has 124 valence electrons. The third-order valence-corrected chi connectivity index (χ3v) is 3.89. The molecule has 3 nitrogen and oxygen atoms in total. The second-order valence-electron chi connectivity index (χ2n) is 6.74. The van der Waals surface area contributed by atoms with Gasteiger partial charge in [0.05, 0.1) is 7.11 Å². The van der Waals surface area contributed by atoms with Gasteiger partial charge in [-0.2, -0.15) is 0 Å². The Morgan fingerprint density at radius 3 is 1.91 bits per heavy atom. The average Bonchev–Trinajstić information content (AvgIpc) is 2.50. The molecular formula is C19H31NO2. The van der Waals surface area contributed by atoms with E-state index in [-0.39, 0.29) is 12.0 Å². The fraction of sp³-hybridized carbons (Fsp3) is 0.632. The highest BCUT2D eigenvalue weighted by molar-refractivity contribution is 5.77. The number of carbonyl (C=O) groups excluding carboxylic acids is 1. The molecular weight excluding hydrogens is 274 g/mol. The van der Waals surface area contributed by atoms with Crippen molar-refractivity contribution in [1.82, 2.24) is 4.90 Å². The van der Waals surface area contributed by atoms with Crippen LogP contribution in [0.2, 0.25) is 0 Å². The lowest BCUT2D eigenvalue weighted by Crippen LogP contribution is -2.37. The average molecular weight is 305 g/mol. The van der Waals surface area contributed by atoms with Gasteiger partial charge in [0.2, 0.25) is 0 Å². The number of nitrogens with zero attached hydrogens (tertiary/aromatic N) is 1. The van der Waals surface area contributed by atoms with Crippen molar-refractivity contribution in [1.29, 1.82) is 0 Å². The molecule has 0 radical (unpaired) electrons. The number of rotatable bonds is 9. The molecule has 1 atom stereocenters. The molecule has 0 saturated carbocycles. The topological polar surface area (TPSA) is 29.5 Å². The molecule has 0 saturated heterocycles. The van der Waals surface area contributed by atoms with Crippen LogP contribution >= 0.6 is 0 Å². The van der Waals surface area contributed by atoms with Crippen molar-refractivity contribution in [2.75, 3.05) is 20.2 Å². The summed E-state index contributed by atoms with van der Waals surface area (Å²) in [6, 6.07) is 9.66. The van der Waals surface area contributed by atoms with E-state index in [0.29, 0.717) is 11.8 Å². The van der Waals surface area contributed by atoms with Gasteiger partial charge >= 0.3 is 5.97 Å².